The Bertz CT molecular complexity index is 658. The summed E-state index contributed by atoms with van der Waals surface area (Å²) in [6, 6.07) is 10.8. The first kappa shape index (κ1) is 14.0. The molecule has 0 saturated heterocycles. The first-order valence-corrected chi connectivity index (χ1v) is 6.57. The van der Waals surface area contributed by atoms with E-state index in [4.69, 9.17) is 45.8 Å². The van der Waals surface area contributed by atoms with Crippen LogP contribution in [0.2, 0.25) is 15.1 Å². The van der Waals surface area contributed by atoms with Crippen LogP contribution in [0.25, 0.3) is 11.1 Å². The van der Waals surface area contributed by atoms with Gasteiger partial charge in [0.25, 0.3) is 0 Å². The molecule has 5 heteroatoms. The third kappa shape index (κ3) is 2.79. The number of hydrogen-bond acceptors (Lipinski definition) is 2. The number of nitrogens with two attached hydrogens (primary N) is 1. The second-order valence-electron chi connectivity index (χ2n) is 3.96. The van der Waals surface area contributed by atoms with Gasteiger partial charge in [-0.25, -0.2) is 0 Å². The van der Waals surface area contributed by atoms with Crippen molar-refractivity contribution in [2.45, 2.75) is 6.42 Å². The van der Waals surface area contributed by atoms with E-state index < -0.39 is 0 Å². The molecule has 0 aliphatic rings. The highest BCUT2D eigenvalue weighted by Crippen LogP contribution is 2.40. The van der Waals surface area contributed by atoms with Crippen molar-refractivity contribution < 1.29 is 0 Å². The molecule has 0 amide bonds. The first-order valence-electron chi connectivity index (χ1n) is 5.44. The molecule has 2 aromatic rings. The molecule has 0 bridgehead atoms. The van der Waals surface area contributed by atoms with E-state index in [-0.39, 0.29) is 6.42 Å². The molecule has 0 aliphatic carbocycles. The Morgan fingerprint density at radius 3 is 2.32 bits per heavy atom. The lowest BCUT2D eigenvalue weighted by Crippen LogP contribution is -1.96. The molecular weight excluding hydrogens is 303 g/mol. The van der Waals surface area contributed by atoms with Crippen LogP contribution in [0.4, 0.5) is 5.69 Å². The number of nitriles is 1. The topological polar surface area (TPSA) is 49.8 Å². The van der Waals surface area contributed by atoms with Crippen LogP contribution in [0.1, 0.15) is 5.56 Å². The zero-order valence-corrected chi connectivity index (χ0v) is 12.0. The minimum absolute atomic E-state index is 0.137. The maximum atomic E-state index is 8.82. The molecule has 2 aromatic carbocycles. The summed E-state index contributed by atoms with van der Waals surface area (Å²) in [6.07, 6.45) is 0.137. The fourth-order valence-corrected chi connectivity index (χ4v) is 2.67. The van der Waals surface area contributed by atoms with Gasteiger partial charge in [0.2, 0.25) is 0 Å². The number of anilines is 1. The standard InChI is InChI=1S/C14H9Cl3N2/c15-9-3-1-8(2-4-9)13-12(19)7-11(16)10(5-6-18)14(13)17/h1-4,7H,5,19H2. The molecule has 2 N–H and O–H groups in total. The molecule has 0 aliphatic heterocycles. The van der Waals surface area contributed by atoms with Crippen molar-refractivity contribution in [3.05, 3.63) is 51.0 Å². The Morgan fingerprint density at radius 2 is 1.74 bits per heavy atom. The molecule has 0 saturated carbocycles. The van der Waals surface area contributed by atoms with Gasteiger partial charge in [0.05, 0.1) is 17.5 Å². The number of nitrogens with zero attached hydrogens (tertiary/aromatic N) is 1. The average Bonchev–Trinajstić information content (AvgIpc) is 2.36. The predicted octanol–water partition coefficient (Wildman–Crippen LogP) is 4.96. The van der Waals surface area contributed by atoms with E-state index in [2.05, 4.69) is 0 Å². The molecule has 0 fully saturated rings. The van der Waals surface area contributed by atoms with Gasteiger partial charge in [-0.2, -0.15) is 5.26 Å². The van der Waals surface area contributed by atoms with Crippen molar-refractivity contribution in [1.82, 2.24) is 0 Å². The first-order chi connectivity index (χ1) is 9.04. The van der Waals surface area contributed by atoms with Gasteiger partial charge in [-0.3, -0.25) is 0 Å². The summed E-state index contributed by atoms with van der Waals surface area (Å²) in [5.41, 5.74) is 8.54. The minimum Gasteiger partial charge on any atom is -0.398 e. The second-order valence-corrected chi connectivity index (χ2v) is 5.18. The Hall–Kier alpha value is -1.40. The van der Waals surface area contributed by atoms with Crippen LogP contribution in [-0.4, -0.2) is 0 Å². The molecule has 0 heterocycles. The monoisotopic (exact) mass is 310 g/mol. The smallest absolute Gasteiger partial charge is 0.0670 e. The zero-order valence-electron chi connectivity index (χ0n) is 9.75. The number of nitrogen functional groups attached to an aromatic ring is 1. The summed E-state index contributed by atoms with van der Waals surface area (Å²) in [5.74, 6) is 0. The van der Waals surface area contributed by atoms with Gasteiger partial charge in [-0.05, 0) is 23.8 Å². The number of rotatable bonds is 2. The molecule has 0 spiro atoms. The highest BCUT2D eigenvalue weighted by Gasteiger charge is 2.15. The van der Waals surface area contributed by atoms with Crippen molar-refractivity contribution in [3.63, 3.8) is 0 Å². The fraction of sp³-hybridized carbons (Fsp3) is 0.0714. The van der Waals surface area contributed by atoms with Gasteiger partial charge in [0, 0.05) is 26.9 Å². The van der Waals surface area contributed by atoms with Crippen molar-refractivity contribution in [3.8, 4) is 17.2 Å². The van der Waals surface area contributed by atoms with E-state index in [0.717, 1.165) is 5.56 Å². The number of halogens is 3. The lowest BCUT2D eigenvalue weighted by Gasteiger charge is -2.13. The van der Waals surface area contributed by atoms with Crippen LogP contribution in [0.3, 0.4) is 0 Å². The highest BCUT2D eigenvalue weighted by molar-refractivity contribution is 6.38. The Balaban J connectivity index is 2.66. The summed E-state index contributed by atoms with van der Waals surface area (Å²) >= 11 is 18.2. The van der Waals surface area contributed by atoms with Crippen molar-refractivity contribution in [2.24, 2.45) is 0 Å². The second kappa shape index (κ2) is 5.71. The van der Waals surface area contributed by atoms with Crippen molar-refractivity contribution >= 4 is 40.5 Å². The van der Waals surface area contributed by atoms with Crippen LogP contribution >= 0.6 is 34.8 Å². The quantitative estimate of drug-likeness (QED) is 0.797. The molecular formula is C14H9Cl3N2. The SMILES string of the molecule is N#CCc1c(Cl)cc(N)c(-c2ccc(Cl)cc2)c1Cl. The largest absolute Gasteiger partial charge is 0.398 e. The highest BCUT2D eigenvalue weighted by atomic mass is 35.5. The van der Waals surface area contributed by atoms with Crippen LogP contribution in [0, 0.1) is 11.3 Å². The van der Waals surface area contributed by atoms with Gasteiger partial charge in [0.1, 0.15) is 0 Å². The summed E-state index contributed by atoms with van der Waals surface area (Å²) in [7, 11) is 0. The number of benzene rings is 2. The Labute approximate surface area is 126 Å². The van der Waals surface area contributed by atoms with E-state index >= 15 is 0 Å². The summed E-state index contributed by atoms with van der Waals surface area (Å²) in [5, 5.41) is 10.3. The van der Waals surface area contributed by atoms with Crippen molar-refractivity contribution in [1.29, 1.82) is 5.26 Å². The molecule has 2 rings (SSSR count). The van der Waals surface area contributed by atoms with Gasteiger partial charge < -0.3 is 5.73 Å². The van der Waals surface area contributed by atoms with Gasteiger partial charge in [-0.15, -0.1) is 0 Å². The normalized spacial score (nSPS) is 10.2. The van der Waals surface area contributed by atoms with Gasteiger partial charge >= 0.3 is 0 Å². The van der Waals surface area contributed by atoms with E-state index in [9.17, 15) is 0 Å². The fourth-order valence-electron chi connectivity index (χ4n) is 1.83. The van der Waals surface area contributed by atoms with Crippen LogP contribution in [-0.2, 0) is 6.42 Å². The van der Waals surface area contributed by atoms with Crippen LogP contribution < -0.4 is 5.73 Å². The maximum absolute atomic E-state index is 8.82. The van der Waals surface area contributed by atoms with Gasteiger partial charge in [0.15, 0.2) is 0 Å². The van der Waals surface area contributed by atoms with Gasteiger partial charge in [-0.1, -0.05) is 46.9 Å². The molecule has 0 unspecified atom stereocenters. The lowest BCUT2D eigenvalue weighted by atomic mass is 9.99. The number of hydrogen-bond donors (Lipinski definition) is 1. The summed E-state index contributed by atoms with van der Waals surface area (Å²) < 4.78 is 0. The van der Waals surface area contributed by atoms with Crippen molar-refractivity contribution in [2.75, 3.05) is 5.73 Å². The molecule has 96 valence electrons. The summed E-state index contributed by atoms with van der Waals surface area (Å²) in [6.45, 7) is 0. The molecule has 0 radical (unpaired) electrons. The van der Waals surface area contributed by atoms with E-state index in [0.29, 0.717) is 31.9 Å². The third-order valence-corrected chi connectivity index (χ3v) is 3.74. The predicted molar refractivity (Wildman–Crippen MR) is 80.6 cm³/mol. The van der Waals surface area contributed by atoms with E-state index in [1.807, 2.05) is 18.2 Å². The third-order valence-electron chi connectivity index (χ3n) is 2.73. The lowest BCUT2D eigenvalue weighted by molar-refractivity contribution is 1.26. The van der Waals surface area contributed by atoms with E-state index in [1.54, 1.807) is 18.2 Å². The Kier molecular flexibility index (Phi) is 4.21. The van der Waals surface area contributed by atoms with Crippen LogP contribution in [0.15, 0.2) is 30.3 Å². The minimum atomic E-state index is 0.137. The van der Waals surface area contributed by atoms with Crippen LogP contribution in [0.5, 0.6) is 0 Å². The average molecular weight is 312 g/mol. The van der Waals surface area contributed by atoms with E-state index in [1.165, 1.54) is 0 Å². The maximum Gasteiger partial charge on any atom is 0.0670 e. The molecule has 0 atom stereocenters. The Morgan fingerprint density at radius 1 is 1.11 bits per heavy atom. The summed E-state index contributed by atoms with van der Waals surface area (Å²) in [4.78, 5) is 0. The molecule has 19 heavy (non-hydrogen) atoms. The molecule has 0 aromatic heterocycles. The zero-order chi connectivity index (χ0) is 14.0. The molecule has 2 nitrogen and oxygen atoms in total.